The van der Waals surface area contributed by atoms with Crippen LogP contribution >= 0.6 is 0 Å². The largest absolute Gasteiger partial charge is 0.497 e. The normalized spacial score (nSPS) is 14.0. The summed E-state index contributed by atoms with van der Waals surface area (Å²) in [6.45, 7) is 3.28. The molecule has 2 aromatic rings. The first-order valence-electron chi connectivity index (χ1n) is 16.0. The number of benzene rings is 2. The molecule has 0 saturated heterocycles. The zero-order valence-corrected chi connectivity index (χ0v) is 30.1. The van der Waals surface area contributed by atoms with Crippen LogP contribution < -0.4 is 20.7 Å². The molecule has 3 N–H and O–H groups in total. The molecule has 2 amide bonds. The van der Waals surface area contributed by atoms with Crippen LogP contribution in [0.5, 0.6) is 5.75 Å². The number of esters is 1. The molecule has 0 aliphatic heterocycles. The van der Waals surface area contributed by atoms with E-state index in [1.54, 1.807) is 68.4 Å². The number of carbonyl (C=O) groups excluding carboxylic acids is 3. The second-order valence-corrected chi connectivity index (χ2v) is 16.4. The maximum atomic E-state index is 13.9. The summed E-state index contributed by atoms with van der Waals surface area (Å²) in [5.74, 6) is -6.21. The number of methoxy groups -OCH3 is 1. The maximum absolute atomic E-state index is 13.9. The van der Waals surface area contributed by atoms with E-state index in [0.717, 1.165) is 6.26 Å². The highest BCUT2D eigenvalue weighted by molar-refractivity contribution is 7.92. The van der Waals surface area contributed by atoms with Crippen molar-refractivity contribution in [2.24, 2.45) is 0 Å². The molecule has 2 rings (SSSR count). The van der Waals surface area contributed by atoms with Crippen molar-refractivity contribution in [2.75, 3.05) is 31.4 Å². The first-order valence-corrected chi connectivity index (χ1v) is 19.8. The lowest BCUT2D eigenvalue weighted by Gasteiger charge is -2.31. The summed E-state index contributed by atoms with van der Waals surface area (Å²) in [4.78, 5) is 38.7. The Morgan fingerprint density at radius 1 is 0.880 bits per heavy atom. The molecule has 50 heavy (non-hydrogen) atoms. The minimum absolute atomic E-state index is 0.0991. The van der Waals surface area contributed by atoms with Crippen molar-refractivity contribution in [3.8, 4) is 5.75 Å². The highest BCUT2D eigenvalue weighted by Crippen LogP contribution is 2.21. The smallest absolute Gasteiger partial charge is 0.490 e. The summed E-state index contributed by atoms with van der Waals surface area (Å²) in [5, 5.41) is 6.78. The number of hydrogen-bond acceptors (Lipinski definition) is 10. The third-order valence-corrected chi connectivity index (χ3v) is 10.6. The Labute approximate surface area is 291 Å². The molecule has 0 aliphatic carbocycles. The van der Waals surface area contributed by atoms with Gasteiger partial charge in [0.2, 0.25) is 11.8 Å². The summed E-state index contributed by atoms with van der Waals surface area (Å²) in [6, 6.07) is 11.8. The molecule has 12 nitrogen and oxygen atoms in total. The number of carbonyl (C=O) groups is 3. The SMILES string of the molecule is CCCC(CCC)S(=O)(=O)CC(NC(=O)CS(C)(=O)=O)C(=O)N[C@@H](Cc1ccccc1)[C@@H](CNCc1cccc(OC)c1)OC(=O)C(F)(F)F. The molecule has 0 fully saturated rings. The van der Waals surface area contributed by atoms with Gasteiger partial charge in [-0.1, -0.05) is 69.2 Å². The Balaban J connectivity index is 2.52. The van der Waals surface area contributed by atoms with Crippen molar-refractivity contribution in [1.29, 1.82) is 0 Å². The predicted octanol–water partition coefficient (Wildman–Crippen LogP) is 2.90. The molecule has 2 aromatic carbocycles. The van der Waals surface area contributed by atoms with E-state index in [-0.39, 0.29) is 25.8 Å². The Hall–Kier alpha value is -3.70. The zero-order valence-electron chi connectivity index (χ0n) is 28.5. The van der Waals surface area contributed by atoms with Crippen LogP contribution in [0.2, 0.25) is 0 Å². The van der Waals surface area contributed by atoms with Crippen LogP contribution in [0.4, 0.5) is 13.2 Å². The molecular weight excluding hydrogens is 704 g/mol. The second-order valence-electron chi connectivity index (χ2n) is 11.9. The molecule has 0 heterocycles. The fraction of sp³-hybridized carbons (Fsp3) is 0.545. The number of alkyl halides is 3. The highest BCUT2D eigenvalue weighted by Gasteiger charge is 2.44. The molecule has 0 saturated carbocycles. The molecule has 280 valence electrons. The van der Waals surface area contributed by atoms with Gasteiger partial charge in [-0.2, -0.15) is 13.2 Å². The van der Waals surface area contributed by atoms with Crippen LogP contribution in [-0.4, -0.2) is 95.6 Å². The molecule has 0 aromatic heterocycles. The van der Waals surface area contributed by atoms with Crippen molar-refractivity contribution >= 4 is 37.5 Å². The van der Waals surface area contributed by atoms with Crippen molar-refractivity contribution in [3.63, 3.8) is 0 Å². The van der Waals surface area contributed by atoms with E-state index < -0.39 is 85.1 Å². The molecule has 1 unspecified atom stereocenters. The number of ether oxygens (including phenoxy) is 2. The van der Waals surface area contributed by atoms with Gasteiger partial charge < -0.3 is 25.4 Å². The first kappa shape index (κ1) is 42.5. The van der Waals surface area contributed by atoms with E-state index in [9.17, 15) is 44.4 Å². The van der Waals surface area contributed by atoms with Crippen molar-refractivity contribution in [3.05, 3.63) is 65.7 Å². The van der Waals surface area contributed by atoms with E-state index in [1.807, 2.05) is 0 Å². The number of hydrogen-bond donors (Lipinski definition) is 3. The lowest BCUT2D eigenvalue weighted by molar-refractivity contribution is -0.206. The number of rotatable bonds is 21. The van der Waals surface area contributed by atoms with Gasteiger partial charge >= 0.3 is 12.1 Å². The summed E-state index contributed by atoms with van der Waals surface area (Å²) in [5.41, 5.74) is 1.20. The maximum Gasteiger partial charge on any atom is 0.490 e. The van der Waals surface area contributed by atoms with Gasteiger partial charge in [0.15, 0.2) is 19.7 Å². The van der Waals surface area contributed by atoms with Gasteiger partial charge in [0.05, 0.1) is 24.2 Å². The van der Waals surface area contributed by atoms with Gasteiger partial charge in [-0.15, -0.1) is 0 Å². The Bertz CT molecular complexity index is 1620. The molecular formula is C33H46F3N3O9S2. The van der Waals surface area contributed by atoms with Crippen LogP contribution in [0.25, 0.3) is 0 Å². The van der Waals surface area contributed by atoms with E-state index in [1.165, 1.54) is 7.11 Å². The van der Waals surface area contributed by atoms with E-state index in [0.29, 0.717) is 29.7 Å². The summed E-state index contributed by atoms with van der Waals surface area (Å²) in [6.07, 6.45) is -4.87. The van der Waals surface area contributed by atoms with Crippen LogP contribution in [0.3, 0.4) is 0 Å². The molecule has 0 bridgehead atoms. The minimum Gasteiger partial charge on any atom is -0.497 e. The lowest BCUT2D eigenvalue weighted by Crippen LogP contribution is -2.58. The minimum atomic E-state index is -5.38. The van der Waals surface area contributed by atoms with Gasteiger partial charge in [-0.05, 0) is 42.5 Å². The fourth-order valence-corrected chi connectivity index (χ4v) is 7.93. The standard InChI is InChI=1S/C33H46F3N3O9S2/c1-5-11-26(12-6-2)50(45,46)21-28(38-30(40)22-49(4,43)44)31(41)39-27(18-23-13-8-7-9-14-23)29(48-32(42)33(34,35)36)20-37-19-24-15-10-16-25(17-24)47-3/h7-10,13-17,26-29,37H,5-6,11-12,18-22H2,1-4H3,(H,38,40)(H,39,41)/t27-,28?,29+/m0/s1. The van der Waals surface area contributed by atoms with E-state index in [2.05, 4.69) is 16.0 Å². The molecule has 3 atom stereocenters. The summed E-state index contributed by atoms with van der Waals surface area (Å²) >= 11 is 0. The predicted molar refractivity (Wildman–Crippen MR) is 182 cm³/mol. The number of sulfone groups is 2. The average molecular weight is 750 g/mol. The van der Waals surface area contributed by atoms with Crippen molar-refractivity contribution in [2.45, 2.75) is 82.1 Å². The van der Waals surface area contributed by atoms with Gasteiger partial charge in [0.1, 0.15) is 23.6 Å². The third kappa shape index (κ3) is 15.0. The first-order chi connectivity index (χ1) is 23.4. The van der Waals surface area contributed by atoms with Crippen LogP contribution in [0.15, 0.2) is 54.6 Å². The molecule has 0 spiro atoms. The Kier molecular flexibility index (Phi) is 16.7. The molecule has 17 heteroatoms. The van der Waals surface area contributed by atoms with Crippen LogP contribution in [-0.2, 0) is 51.8 Å². The number of amides is 2. The quantitative estimate of drug-likeness (QED) is 0.161. The van der Waals surface area contributed by atoms with Crippen molar-refractivity contribution < 1.29 is 53.9 Å². The third-order valence-electron chi connectivity index (χ3n) is 7.55. The molecule has 0 aliphatic rings. The summed E-state index contributed by atoms with van der Waals surface area (Å²) in [7, 11) is -6.49. The Morgan fingerprint density at radius 3 is 2.06 bits per heavy atom. The zero-order chi connectivity index (χ0) is 37.5. The lowest BCUT2D eigenvalue weighted by atomic mass is 10.00. The molecule has 0 radical (unpaired) electrons. The van der Waals surface area contributed by atoms with E-state index >= 15 is 0 Å². The number of halogens is 3. The van der Waals surface area contributed by atoms with Gasteiger partial charge in [-0.25, -0.2) is 21.6 Å². The highest BCUT2D eigenvalue weighted by atomic mass is 32.2. The van der Waals surface area contributed by atoms with Gasteiger partial charge in [-0.3, -0.25) is 9.59 Å². The monoisotopic (exact) mass is 749 g/mol. The Morgan fingerprint density at radius 2 is 1.50 bits per heavy atom. The van der Waals surface area contributed by atoms with Crippen molar-refractivity contribution in [1.82, 2.24) is 16.0 Å². The average Bonchev–Trinajstić information content (AvgIpc) is 3.02. The van der Waals surface area contributed by atoms with Crippen LogP contribution in [0.1, 0.15) is 50.7 Å². The van der Waals surface area contributed by atoms with Crippen LogP contribution in [0, 0.1) is 0 Å². The van der Waals surface area contributed by atoms with Gasteiger partial charge in [0, 0.05) is 19.3 Å². The summed E-state index contributed by atoms with van der Waals surface area (Å²) < 4.78 is 101. The number of nitrogens with one attached hydrogen (secondary N) is 3. The second kappa shape index (κ2) is 19.6. The fourth-order valence-electron chi connectivity index (χ4n) is 5.21. The topological polar surface area (TPSA) is 174 Å². The van der Waals surface area contributed by atoms with Gasteiger partial charge in [0.25, 0.3) is 0 Å². The van der Waals surface area contributed by atoms with E-state index in [4.69, 9.17) is 9.47 Å².